The van der Waals surface area contributed by atoms with Crippen LogP contribution in [0.15, 0.2) is 48.6 Å². The zero-order valence-electron chi connectivity index (χ0n) is 14.1. The van der Waals surface area contributed by atoms with Gasteiger partial charge in [0.25, 0.3) is 0 Å². The number of halogens is 1. The molecule has 1 rings (SSSR count). The second kappa shape index (κ2) is 13.6. The van der Waals surface area contributed by atoms with Crippen molar-refractivity contribution in [2.24, 2.45) is 0 Å². The molecule has 2 nitrogen and oxygen atoms in total. The lowest BCUT2D eigenvalue weighted by atomic mass is 10.0. The molecule has 0 bridgehead atoms. The summed E-state index contributed by atoms with van der Waals surface area (Å²) in [6, 6.07) is 0. The first-order valence-corrected chi connectivity index (χ1v) is 9.92. The van der Waals surface area contributed by atoms with Crippen molar-refractivity contribution in [3.05, 3.63) is 48.6 Å². The molecular weight excluding hydrogens is 399 g/mol. The summed E-state index contributed by atoms with van der Waals surface area (Å²) < 4.78 is 5.78. The average Bonchev–Trinajstić information content (AvgIpc) is 2.55. The van der Waals surface area contributed by atoms with E-state index < -0.39 is 0 Å². The molecule has 0 saturated carbocycles. The highest BCUT2D eigenvalue weighted by Crippen LogP contribution is 2.24. The molecule has 0 spiro atoms. The van der Waals surface area contributed by atoms with Crippen molar-refractivity contribution in [3.8, 4) is 0 Å². The molecule has 0 aliphatic carbocycles. The zero-order chi connectivity index (χ0) is 16.8. The number of allylic oxidation sites excluding steroid dienone is 8. The van der Waals surface area contributed by atoms with Crippen LogP contribution in [0.25, 0.3) is 0 Å². The molecule has 1 saturated heterocycles. The van der Waals surface area contributed by atoms with Gasteiger partial charge in [0.2, 0.25) is 0 Å². The number of alkyl halides is 1. The lowest BCUT2D eigenvalue weighted by Crippen LogP contribution is -2.30. The standard InChI is InChI=1S/C20H29IO2/c1-2-3-4-5-6-7-8-9-10-11-12-13-15-18(21)19-16-14-17-20(22)23-19/h3-4,6-7,9-10,12-13,18-19H,2,5,8,11,14-17H2,1H3/b4-3-,7-6-,10-9-,13-12-. The van der Waals surface area contributed by atoms with Crippen molar-refractivity contribution >= 4 is 28.6 Å². The summed E-state index contributed by atoms with van der Waals surface area (Å²) in [4.78, 5) is 11.3. The molecule has 0 amide bonds. The van der Waals surface area contributed by atoms with Crippen molar-refractivity contribution in [1.29, 1.82) is 0 Å². The Morgan fingerprint density at radius 1 is 1.04 bits per heavy atom. The molecule has 3 heteroatoms. The van der Waals surface area contributed by atoms with Gasteiger partial charge in [-0.3, -0.25) is 4.79 Å². The summed E-state index contributed by atoms with van der Waals surface area (Å²) in [7, 11) is 0. The van der Waals surface area contributed by atoms with E-state index in [2.05, 4.69) is 78.1 Å². The predicted octanol–water partition coefficient (Wildman–Crippen LogP) is 6.08. The highest BCUT2D eigenvalue weighted by Gasteiger charge is 2.25. The average molecular weight is 428 g/mol. The number of carbonyl (C=O) groups is 1. The minimum Gasteiger partial charge on any atom is -0.461 e. The molecule has 23 heavy (non-hydrogen) atoms. The smallest absolute Gasteiger partial charge is 0.306 e. The van der Waals surface area contributed by atoms with Crippen LogP contribution >= 0.6 is 22.6 Å². The fraction of sp³-hybridized carbons (Fsp3) is 0.550. The molecule has 0 radical (unpaired) electrons. The Morgan fingerprint density at radius 3 is 2.17 bits per heavy atom. The van der Waals surface area contributed by atoms with E-state index in [1.165, 1.54) is 0 Å². The Bertz CT molecular complexity index is 435. The second-order valence-electron chi connectivity index (χ2n) is 5.67. The third-order valence-electron chi connectivity index (χ3n) is 3.64. The van der Waals surface area contributed by atoms with Crippen molar-refractivity contribution < 1.29 is 9.53 Å². The molecule has 1 aliphatic rings. The van der Waals surface area contributed by atoms with Gasteiger partial charge >= 0.3 is 5.97 Å². The van der Waals surface area contributed by atoms with Crippen LogP contribution in [0.4, 0.5) is 0 Å². The van der Waals surface area contributed by atoms with E-state index in [0.717, 1.165) is 44.9 Å². The van der Waals surface area contributed by atoms with Gasteiger partial charge in [0, 0.05) is 6.42 Å². The lowest BCUT2D eigenvalue weighted by molar-refractivity contribution is -0.153. The second-order valence-corrected chi connectivity index (χ2v) is 7.27. The van der Waals surface area contributed by atoms with Crippen LogP contribution in [-0.2, 0) is 9.53 Å². The van der Waals surface area contributed by atoms with Crippen molar-refractivity contribution in [2.75, 3.05) is 0 Å². The predicted molar refractivity (Wildman–Crippen MR) is 107 cm³/mol. The highest BCUT2D eigenvalue weighted by atomic mass is 127. The van der Waals surface area contributed by atoms with Crippen molar-refractivity contribution in [1.82, 2.24) is 0 Å². The molecule has 1 heterocycles. The van der Waals surface area contributed by atoms with Gasteiger partial charge in [-0.25, -0.2) is 0 Å². The molecule has 2 atom stereocenters. The van der Waals surface area contributed by atoms with Gasteiger partial charge in [0.05, 0.1) is 3.92 Å². The Morgan fingerprint density at radius 2 is 1.61 bits per heavy atom. The van der Waals surface area contributed by atoms with Crippen LogP contribution in [0.3, 0.4) is 0 Å². The number of esters is 1. The summed E-state index contributed by atoms with van der Waals surface area (Å²) in [5.41, 5.74) is 0. The normalized spacial score (nSPS) is 21.0. The first-order valence-electron chi connectivity index (χ1n) is 8.67. The van der Waals surface area contributed by atoms with Crippen molar-refractivity contribution in [2.45, 2.75) is 68.3 Å². The van der Waals surface area contributed by atoms with E-state index in [0.29, 0.717) is 10.3 Å². The van der Waals surface area contributed by atoms with Gasteiger partial charge in [0.1, 0.15) is 6.10 Å². The molecule has 0 aromatic rings. The molecule has 1 aliphatic heterocycles. The van der Waals surface area contributed by atoms with Gasteiger partial charge in [-0.15, -0.1) is 0 Å². The minimum absolute atomic E-state index is 0.0342. The molecule has 2 unspecified atom stereocenters. The summed E-state index contributed by atoms with van der Waals surface area (Å²) in [5, 5.41) is 0. The maximum Gasteiger partial charge on any atom is 0.306 e. The van der Waals surface area contributed by atoms with E-state index in [-0.39, 0.29) is 12.1 Å². The Kier molecular flexibility index (Phi) is 11.9. The van der Waals surface area contributed by atoms with Crippen LogP contribution in [0.2, 0.25) is 0 Å². The van der Waals surface area contributed by atoms with Crippen LogP contribution in [0.1, 0.15) is 58.3 Å². The maximum absolute atomic E-state index is 11.3. The van der Waals surface area contributed by atoms with Gasteiger partial charge in [0.15, 0.2) is 0 Å². The van der Waals surface area contributed by atoms with Crippen LogP contribution in [0, 0.1) is 0 Å². The minimum atomic E-state index is -0.0342. The third-order valence-corrected chi connectivity index (χ3v) is 4.95. The number of hydrogen-bond donors (Lipinski definition) is 0. The molecule has 1 fully saturated rings. The fourth-order valence-electron chi connectivity index (χ4n) is 2.35. The van der Waals surface area contributed by atoms with Crippen LogP contribution < -0.4 is 0 Å². The van der Waals surface area contributed by atoms with Crippen LogP contribution in [0.5, 0.6) is 0 Å². The lowest BCUT2D eigenvalue weighted by Gasteiger charge is -2.25. The molecule has 0 N–H and O–H groups in total. The van der Waals surface area contributed by atoms with Crippen molar-refractivity contribution in [3.63, 3.8) is 0 Å². The van der Waals surface area contributed by atoms with Crippen LogP contribution in [-0.4, -0.2) is 16.0 Å². The SMILES string of the molecule is CC/C=C\C/C=C\C/C=C\C/C=C\CC(I)C1CCCC(=O)O1. The Labute approximate surface area is 154 Å². The van der Waals surface area contributed by atoms with Gasteiger partial charge < -0.3 is 4.74 Å². The monoisotopic (exact) mass is 428 g/mol. The zero-order valence-corrected chi connectivity index (χ0v) is 16.3. The number of cyclic esters (lactones) is 1. The topological polar surface area (TPSA) is 26.3 Å². The van der Waals surface area contributed by atoms with E-state index in [1.54, 1.807) is 0 Å². The van der Waals surface area contributed by atoms with Gasteiger partial charge in [-0.05, 0) is 44.9 Å². The number of rotatable bonds is 10. The van der Waals surface area contributed by atoms with Gasteiger partial charge in [-0.1, -0.05) is 78.1 Å². The first kappa shape index (κ1) is 20.2. The summed E-state index contributed by atoms with van der Waals surface area (Å²) in [5.74, 6) is -0.0342. The quantitative estimate of drug-likeness (QED) is 0.182. The Hall–Kier alpha value is -0.840. The number of hydrogen-bond acceptors (Lipinski definition) is 2. The van der Waals surface area contributed by atoms with E-state index in [1.807, 2.05) is 0 Å². The molecular formula is C20H29IO2. The molecule has 0 aromatic heterocycles. The number of ether oxygens (including phenoxy) is 1. The summed E-state index contributed by atoms with van der Waals surface area (Å²) in [6.07, 6.45) is 25.4. The third kappa shape index (κ3) is 10.5. The van der Waals surface area contributed by atoms with E-state index in [4.69, 9.17) is 4.74 Å². The first-order chi connectivity index (χ1) is 11.2. The fourth-order valence-corrected chi connectivity index (χ4v) is 3.15. The number of carbonyl (C=O) groups excluding carboxylic acids is 1. The summed E-state index contributed by atoms with van der Waals surface area (Å²) >= 11 is 2.40. The molecule has 128 valence electrons. The van der Waals surface area contributed by atoms with Gasteiger partial charge in [-0.2, -0.15) is 0 Å². The van der Waals surface area contributed by atoms with E-state index in [9.17, 15) is 4.79 Å². The molecule has 0 aromatic carbocycles. The van der Waals surface area contributed by atoms with E-state index >= 15 is 0 Å². The maximum atomic E-state index is 11.3. The summed E-state index contributed by atoms with van der Waals surface area (Å²) in [6.45, 7) is 2.15. The largest absolute Gasteiger partial charge is 0.461 e. The highest BCUT2D eigenvalue weighted by molar-refractivity contribution is 14.1. The Balaban J connectivity index is 2.08.